The van der Waals surface area contributed by atoms with Gasteiger partial charge in [-0.3, -0.25) is 6.08 Å². The molecule has 1 aromatic carbocycles. The van der Waals surface area contributed by atoms with E-state index in [1.54, 1.807) is 0 Å². The van der Waals surface area contributed by atoms with E-state index in [0.29, 0.717) is 11.2 Å². The molecule has 8 radical (unpaired) electrons. The van der Waals surface area contributed by atoms with Crippen molar-refractivity contribution in [1.82, 2.24) is 0 Å². The fourth-order valence-corrected chi connectivity index (χ4v) is 3.75. The number of allylic oxidation sites excluding steroid dienone is 4. The Hall–Kier alpha value is 0.228. The fourth-order valence-electron chi connectivity index (χ4n) is 3.00. The normalized spacial score (nSPS) is 11.5. The van der Waals surface area contributed by atoms with E-state index in [1.165, 1.54) is 22.3 Å². The molecule has 168 valence electrons. The molecule has 1 aliphatic rings. The van der Waals surface area contributed by atoms with Gasteiger partial charge < -0.3 is 20.0 Å². The molecule has 0 unspecified atom stereocenters. The molecule has 0 saturated carbocycles. The summed E-state index contributed by atoms with van der Waals surface area (Å²) in [5.41, 5.74) is 6.29. The van der Waals surface area contributed by atoms with Crippen LogP contribution in [0.1, 0.15) is 70.2 Å². The first-order valence-electron chi connectivity index (χ1n) is 8.61. The standard InChI is InChI=1S/C13H19OSi.C9H13.2CH3.2ClH.Si.Ti/c1-7-8(2)10(13(4,5)6)12(15)11(14)9(7)3;1-9(2,3)8-6-4-5-7-8;;;;;;/h14H,1-6H3;4,6H,5H2,1-3H3;2*1H3;2*1H;;/q;3*-1;;;;+3. The minimum atomic E-state index is 0. The van der Waals surface area contributed by atoms with Crippen molar-refractivity contribution in [3.05, 3.63) is 60.9 Å². The maximum absolute atomic E-state index is 10.0. The van der Waals surface area contributed by atoms with Crippen LogP contribution in [0, 0.1) is 47.1 Å². The largest absolute Gasteiger partial charge is 3.00 e. The zero-order chi connectivity index (χ0) is 18.9. The maximum atomic E-state index is 10.0. The first-order chi connectivity index (χ1) is 10.8. The molecular weight excluding hydrogens is 479 g/mol. The summed E-state index contributed by atoms with van der Waals surface area (Å²) in [6.07, 6.45) is 8.63. The van der Waals surface area contributed by atoms with Gasteiger partial charge in [0.2, 0.25) is 0 Å². The van der Waals surface area contributed by atoms with Crippen LogP contribution in [0.5, 0.6) is 5.75 Å². The SMILES string of the molecule is CC(C)(C)C1=[C-]CC=C1.Cc1c(C)c(O)c([Si])c(C(C)(C)C)c1C.Cl.Cl.[CH3-].[CH3-].[Si].[Ti+3]. The third kappa shape index (κ3) is 11.2. The summed E-state index contributed by atoms with van der Waals surface area (Å²) in [5, 5.41) is 10.8. The Morgan fingerprint density at radius 2 is 1.30 bits per heavy atom. The van der Waals surface area contributed by atoms with Crippen LogP contribution in [-0.2, 0) is 27.1 Å². The van der Waals surface area contributed by atoms with Gasteiger partial charge in [-0.15, -0.1) is 31.2 Å². The molecular formula is C24H40Cl2OSi2Ti. The number of hydrogen-bond donors (Lipinski definition) is 1. The number of aromatic hydroxyl groups is 1. The molecule has 0 heterocycles. The molecule has 0 spiro atoms. The minimum absolute atomic E-state index is 0. The summed E-state index contributed by atoms with van der Waals surface area (Å²) in [6, 6.07) is 0. The smallest absolute Gasteiger partial charge is 0.508 e. The van der Waals surface area contributed by atoms with Crippen LogP contribution in [0.4, 0.5) is 0 Å². The van der Waals surface area contributed by atoms with Crippen LogP contribution in [-0.4, -0.2) is 26.3 Å². The van der Waals surface area contributed by atoms with Crippen molar-refractivity contribution in [1.29, 1.82) is 0 Å². The molecule has 30 heavy (non-hydrogen) atoms. The molecule has 0 bridgehead atoms. The average molecular weight is 520 g/mol. The van der Waals surface area contributed by atoms with Crippen LogP contribution < -0.4 is 5.19 Å². The molecule has 6 heteroatoms. The van der Waals surface area contributed by atoms with Gasteiger partial charge in [-0.1, -0.05) is 41.5 Å². The Kier molecular flexibility index (Phi) is 24.6. The molecule has 0 saturated heterocycles. The van der Waals surface area contributed by atoms with Crippen molar-refractivity contribution < 1.29 is 26.8 Å². The summed E-state index contributed by atoms with van der Waals surface area (Å²) in [7, 11) is 3.56. The topological polar surface area (TPSA) is 20.2 Å². The predicted octanol–water partition coefficient (Wildman–Crippen LogP) is 6.49. The number of phenols is 1. The van der Waals surface area contributed by atoms with Crippen molar-refractivity contribution in [2.75, 3.05) is 0 Å². The van der Waals surface area contributed by atoms with Crippen molar-refractivity contribution >= 4 is 51.2 Å². The van der Waals surface area contributed by atoms with E-state index in [4.69, 9.17) is 0 Å². The predicted molar refractivity (Wildman–Crippen MR) is 139 cm³/mol. The van der Waals surface area contributed by atoms with Gasteiger partial charge in [0.25, 0.3) is 0 Å². The van der Waals surface area contributed by atoms with E-state index < -0.39 is 0 Å². The van der Waals surface area contributed by atoms with Gasteiger partial charge in [0.15, 0.2) is 0 Å². The van der Waals surface area contributed by atoms with Crippen LogP contribution in [0.15, 0.2) is 17.7 Å². The van der Waals surface area contributed by atoms with E-state index in [-0.39, 0.29) is 77.8 Å². The van der Waals surface area contributed by atoms with Gasteiger partial charge in [-0.25, -0.2) is 11.6 Å². The number of benzene rings is 1. The molecule has 0 amide bonds. The fraction of sp³-hybridized carbons (Fsp3) is 0.500. The molecule has 0 atom stereocenters. The van der Waals surface area contributed by atoms with Crippen LogP contribution in [0.2, 0.25) is 0 Å². The van der Waals surface area contributed by atoms with Crippen molar-refractivity contribution in [2.45, 2.75) is 74.1 Å². The van der Waals surface area contributed by atoms with E-state index in [9.17, 15) is 5.11 Å². The average Bonchev–Trinajstić information content (AvgIpc) is 2.96. The summed E-state index contributed by atoms with van der Waals surface area (Å²) in [4.78, 5) is 0. The number of phenolic OH excluding ortho intramolecular Hbond substituents is 1. The summed E-state index contributed by atoms with van der Waals surface area (Å²) < 4.78 is 0. The minimum Gasteiger partial charge on any atom is -0.508 e. The Morgan fingerprint density at radius 1 is 0.867 bits per heavy atom. The number of rotatable bonds is 0. The van der Waals surface area contributed by atoms with Gasteiger partial charge >= 0.3 is 21.7 Å². The number of halogens is 2. The zero-order valence-electron chi connectivity index (χ0n) is 20.6. The summed E-state index contributed by atoms with van der Waals surface area (Å²) in [5.74, 6) is 0.375. The Morgan fingerprint density at radius 3 is 1.57 bits per heavy atom. The molecule has 1 aliphatic carbocycles. The Labute approximate surface area is 223 Å². The Balaban J connectivity index is -0.0000000857. The zero-order valence-corrected chi connectivity index (χ0v) is 25.8. The molecule has 0 fully saturated rings. The number of hydrogen-bond acceptors (Lipinski definition) is 1. The first kappa shape index (κ1) is 44.0. The maximum Gasteiger partial charge on any atom is 3.00 e. The van der Waals surface area contributed by atoms with E-state index in [2.05, 4.69) is 83.9 Å². The molecule has 0 aromatic heterocycles. The molecule has 0 aliphatic heterocycles. The molecule has 1 N–H and O–H groups in total. The Bertz CT molecular complexity index is 657. The van der Waals surface area contributed by atoms with E-state index >= 15 is 0 Å². The van der Waals surface area contributed by atoms with Crippen LogP contribution in [0.3, 0.4) is 0 Å². The second-order valence-electron chi connectivity index (χ2n) is 8.67. The van der Waals surface area contributed by atoms with Crippen molar-refractivity contribution in [3.63, 3.8) is 0 Å². The van der Waals surface area contributed by atoms with Gasteiger partial charge in [0, 0.05) is 11.0 Å². The van der Waals surface area contributed by atoms with Crippen molar-refractivity contribution in [2.24, 2.45) is 5.41 Å². The summed E-state index contributed by atoms with van der Waals surface area (Å²) >= 11 is 0. The van der Waals surface area contributed by atoms with Crippen LogP contribution in [0.25, 0.3) is 0 Å². The quantitative estimate of drug-likeness (QED) is 0.307. The second-order valence-corrected chi connectivity index (χ2v) is 9.17. The third-order valence-corrected chi connectivity index (χ3v) is 5.08. The van der Waals surface area contributed by atoms with Crippen LogP contribution >= 0.6 is 24.8 Å². The summed E-state index contributed by atoms with van der Waals surface area (Å²) in [6.45, 7) is 19.2. The third-order valence-electron chi connectivity index (χ3n) is 4.59. The monoisotopic (exact) mass is 518 g/mol. The second kappa shape index (κ2) is 16.8. The molecule has 2 rings (SSSR count). The van der Waals surface area contributed by atoms with E-state index in [0.717, 1.165) is 17.2 Å². The van der Waals surface area contributed by atoms with E-state index in [1.807, 2.05) is 6.92 Å². The van der Waals surface area contributed by atoms with Gasteiger partial charge in [0.1, 0.15) is 5.75 Å². The first-order valence-corrected chi connectivity index (χ1v) is 9.11. The van der Waals surface area contributed by atoms with Crippen molar-refractivity contribution in [3.8, 4) is 5.75 Å². The molecule has 1 nitrogen and oxygen atoms in total. The molecule has 1 aromatic rings. The van der Waals surface area contributed by atoms with Gasteiger partial charge in [-0.2, -0.15) is 6.08 Å². The van der Waals surface area contributed by atoms with Gasteiger partial charge in [0.05, 0.1) is 10.2 Å². The van der Waals surface area contributed by atoms with Gasteiger partial charge in [-0.05, 0) is 59.0 Å².